The van der Waals surface area contributed by atoms with Gasteiger partial charge in [0.05, 0.1) is 12.7 Å². The van der Waals surface area contributed by atoms with E-state index in [1.807, 2.05) is 0 Å². The van der Waals surface area contributed by atoms with E-state index < -0.39 is 12.6 Å². The van der Waals surface area contributed by atoms with E-state index >= 15 is 0 Å². The molecule has 0 aliphatic rings. The molecule has 0 fully saturated rings. The number of carbonyl (C=O) groups excluding carboxylic acids is 1. The van der Waals surface area contributed by atoms with Crippen molar-refractivity contribution < 1.29 is 23.0 Å². The van der Waals surface area contributed by atoms with Crippen molar-refractivity contribution in [2.24, 2.45) is 0 Å². The average Bonchev–Trinajstić information content (AvgIpc) is 2.29. The molecular formula is C11H11ClF2O3. The number of ether oxygens (including phenoxy) is 2. The molecule has 0 aliphatic carbocycles. The summed E-state index contributed by atoms with van der Waals surface area (Å²) in [5.74, 6) is -0.616. The van der Waals surface area contributed by atoms with Crippen LogP contribution in [-0.2, 0) is 10.6 Å². The maximum atomic E-state index is 12.1. The van der Waals surface area contributed by atoms with Crippen molar-refractivity contribution in [1.29, 1.82) is 0 Å². The van der Waals surface area contributed by atoms with Crippen LogP contribution in [0.5, 0.6) is 5.75 Å². The van der Waals surface area contributed by atoms with Crippen molar-refractivity contribution in [2.45, 2.75) is 19.4 Å². The van der Waals surface area contributed by atoms with Gasteiger partial charge in [0.15, 0.2) is 0 Å². The van der Waals surface area contributed by atoms with Gasteiger partial charge in [-0.05, 0) is 24.1 Å². The molecule has 0 saturated heterocycles. The number of aryl methyl sites for hydroxylation is 1. The number of hydrogen-bond acceptors (Lipinski definition) is 3. The number of halogens is 3. The largest absolute Gasteiger partial charge is 0.465 e. The quantitative estimate of drug-likeness (QED) is 0.619. The molecule has 0 N–H and O–H groups in total. The first kappa shape index (κ1) is 13.7. The van der Waals surface area contributed by atoms with Gasteiger partial charge in [-0.25, -0.2) is 4.79 Å². The van der Waals surface area contributed by atoms with Crippen LogP contribution in [0.1, 0.15) is 21.5 Å². The van der Waals surface area contributed by atoms with Crippen molar-refractivity contribution in [3.8, 4) is 5.75 Å². The molecular weight excluding hydrogens is 254 g/mol. The summed E-state index contributed by atoms with van der Waals surface area (Å²) in [6.07, 6.45) is 0. The van der Waals surface area contributed by atoms with E-state index in [9.17, 15) is 13.6 Å². The Bertz CT molecular complexity index is 421. The van der Waals surface area contributed by atoms with Crippen LogP contribution >= 0.6 is 11.6 Å². The van der Waals surface area contributed by atoms with Crippen LogP contribution in [0.25, 0.3) is 0 Å². The van der Waals surface area contributed by atoms with Gasteiger partial charge in [0.1, 0.15) is 5.75 Å². The fourth-order valence-electron chi connectivity index (χ4n) is 1.38. The Morgan fingerprint density at radius 2 is 2.12 bits per heavy atom. The fourth-order valence-corrected chi connectivity index (χ4v) is 1.60. The molecule has 0 radical (unpaired) electrons. The first-order valence-corrected chi connectivity index (χ1v) is 5.25. The highest BCUT2D eigenvalue weighted by Crippen LogP contribution is 2.26. The zero-order valence-electron chi connectivity index (χ0n) is 9.30. The van der Waals surface area contributed by atoms with Gasteiger partial charge in [0, 0.05) is 5.88 Å². The molecule has 0 unspecified atom stereocenters. The predicted molar refractivity (Wildman–Crippen MR) is 58.7 cm³/mol. The lowest BCUT2D eigenvalue weighted by atomic mass is 10.0. The molecule has 0 aliphatic heterocycles. The Kier molecular flexibility index (Phi) is 4.69. The van der Waals surface area contributed by atoms with Crippen LogP contribution in [0.3, 0.4) is 0 Å². The summed E-state index contributed by atoms with van der Waals surface area (Å²) in [6.45, 7) is -1.35. The highest BCUT2D eigenvalue weighted by Gasteiger charge is 2.16. The lowest BCUT2D eigenvalue weighted by Crippen LogP contribution is -2.09. The summed E-state index contributed by atoms with van der Waals surface area (Å²) in [5, 5.41) is 0. The maximum absolute atomic E-state index is 12.1. The van der Waals surface area contributed by atoms with Crippen LogP contribution in [0.15, 0.2) is 12.1 Å². The molecule has 0 heterocycles. The minimum atomic E-state index is -2.94. The first-order chi connectivity index (χ1) is 7.99. The smallest absolute Gasteiger partial charge is 0.387 e. The highest BCUT2D eigenvalue weighted by atomic mass is 35.5. The van der Waals surface area contributed by atoms with Crippen molar-refractivity contribution in [3.63, 3.8) is 0 Å². The van der Waals surface area contributed by atoms with Gasteiger partial charge in [-0.3, -0.25) is 0 Å². The van der Waals surface area contributed by atoms with Crippen LogP contribution in [0, 0.1) is 6.92 Å². The number of hydrogen-bond donors (Lipinski definition) is 0. The Balaban J connectivity index is 3.22. The SMILES string of the molecule is COC(=O)c1cc(OC(F)F)c(C)cc1CCl. The van der Waals surface area contributed by atoms with Crippen molar-refractivity contribution >= 4 is 17.6 Å². The van der Waals surface area contributed by atoms with Crippen molar-refractivity contribution in [2.75, 3.05) is 7.11 Å². The third-order valence-electron chi connectivity index (χ3n) is 2.17. The summed E-state index contributed by atoms with van der Waals surface area (Å²) >= 11 is 5.67. The zero-order valence-corrected chi connectivity index (χ0v) is 10.1. The molecule has 0 spiro atoms. The minimum Gasteiger partial charge on any atom is -0.465 e. The second kappa shape index (κ2) is 5.82. The molecule has 1 aromatic carbocycles. The first-order valence-electron chi connectivity index (χ1n) is 4.72. The molecule has 3 nitrogen and oxygen atoms in total. The van der Waals surface area contributed by atoms with Crippen molar-refractivity contribution in [1.82, 2.24) is 0 Å². The second-order valence-electron chi connectivity index (χ2n) is 3.28. The molecule has 1 aromatic rings. The van der Waals surface area contributed by atoms with Crippen molar-refractivity contribution in [3.05, 3.63) is 28.8 Å². The summed E-state index contributed by atoms with van der Waals surface area (Å²) in [6, 6.07) is 2.74. The summed E-state index contributed by atoms with van der Waals surface area (Å²) in [5.41, 5.74) is 1.12. The van der Waals surface area contributed by atoms with E-state index in [1.165, 1.54) is 19.2 Å². The molecule has 6 heteroatoms. The van der Waals surface area contributed by atoms with Crippen LogP contribution in [-0.4, -0.2) is 19.7 Å². The zero-order chi connectivity index (χ0) is 13.0. The number of esters is 1. The molecule has 0 atom stereocenters. The lowest BCUT2D eigenvalue weighted by Gasteiger charge is -2.12. The van der Waals surface area contributed by atoms with E-state index in [0.717, 1.165) is 0 Å². The van der Waals surface area contributed by atoms with Crippen LogP contribution in [0.4, 0.5) is 8.78 Å². The topological polar surface area (TPSA) is 35.5 Å². The van der Waals surface area contributed by atoms with Gasteiger partial charge < -0.3 is 9.47 Å². The standard InChI is InChI=1S/C11H11ClF2O3/c1-6-3-7(5-12)8(10(15)16-2)4-9(6)17-11(13)14/h3-4,11H,5H2,1-2H3. The van der Waals surface area contributed by atoms with E-state index in [0.29, 0.717) is 11.1 Å². The van der Waals surface area contributed by atoms with Crippen LogP contribution < -0.4 is 4.74 Å². The van der Waals surface area contributed by atoms with E-state index in [-0.39, 0.29) is 17.2 Å². The number of methoxy groups -OCH3 is 1. The molecule has 0 aromatic heterocycles. The summed E-state index contributed by atoms with van der Waals surface area (Å²) in [4.78, 5) is 11.4. The number of rotatable bonds is 4. The molecule has 0 saturated carbocycles. The number of alkyl halides is 3. The maximum Gasteiger partial charge on any atom is 0.387 e. The monoisotopic (exact) mass is 264 g/mol. The normalized spacial score (nSPS) is 10.5. The summed E-state index contributed by atoms with van der Waals surface area (Å²) < 4.78 is 33.1. The average molecular weight is 265 g/mol. The molecule has 0 bridgehead atoms. The Labute approximate surface area is 102 Å². The number of carbonyl (C=O) groups is 1. The second-order valence-corrected chi connectivity index (χ2v) is 3.55. The Hall–Kier alpha value is -1.36. The molecule has 1 rings (SSSR count). The molecule has 17 heavy (non-hydrogen) atoms. The minimum absolute atomic E-state index is 0.0609. The van der Waals surface area contributed by atoms with Gasteiger partial charge >= 0.3 is 12.6 Å². The van der Waals surface area contributed by atoms with Crippen LogP contribution in [0.2, 0.25) is 0 Å². The Morgan fingerprint density at radius 3 is 2.59 bits per heavy atom. The van der Waals surface area contributed by atoms with E-state index in [1.54, 1.807) is 6.92 Å². The highest BCUT2D eigenvalue weighted by molar-refractivity contribution is 6.17. The lowest BCUT2D eigenvalue weighted by molar-refractivity contribution is -0.0503. The van der Waals surface area contributed by atoms with Gasteiger partial charge in [-0.2, -0.15) is 8.78 Å². The van der Waals surface area contributed by atoms with Gasteiger partial charge in [-0.1, -0.05) is 6.07 Å². The van der Waals surface area contributed by atoms with Gasteiger partial charge in [0.2, 0.25) is 0 Å². The number of benzene rings is 1. The van der Waals surface area contributed by atoms with Gasteiger partial charge in [-0.15, -0.1) is 11.6 Å². The molecule has 0 amide bonds. The summed E-state index contributed by atoms with van der Waals surface area (Å²) in [7, 11) is 1.20. The van der Waals surface area contributed by atoms with E-state index in [2.05, 4.69) is 9.47 Å². The molecule has 94 valence electrons. The third-order valence-corrected chi connectivity index (χ3v) is 2.45. The Morgan fingerprint density at radius 1 is 1.47 bits per heavy atom. The fraction of sp³-hybridized carbons (Fsp3) is 0.364. The van der Waals surface area contributed by atoms with Gasteiger partial charge in [0.25, 0.3) is 0 Å². The van der Waals surface area contributed by atoms with E-state index in [4.69, 9.17) is 11.6 Å². The third kappa shape index (κ3) is 3.30. The predicted octanol–water partition coefficient (Wildman–Crippen LogP) is 3.12.